The third-order valence-electron chi connectivity index (χ3n) is 3.34. The van der Waals surface area contributed by atoms with Crippen LogP contribution in [0, 0.1) is 0 Å². The Labute approximate surface area is 121 Å². The zero-order valence-electron chi connectivity index (χ0n) is 12.4. The predicted molar refractivity (Wildman–Crippen MR) is 82.2 cm³/mol. The van der Waals surface area contributed by atoms with E-state index in [1.54, 1.807) is 11.8 Å². The summed E-state index contributed by atoms with van der Waals surface area (Å²) in [4.78, 5) is 0. The third-order valence-corrected chi connectivity index (χ3v) is 4.44. The van der Waals surface area contributed by atoms with E-state index < -0.39 is 0 Å². The number of hydrogen-bond acceptors (Lipinski definition) is 4. The fourth-order valence-corrected chi connectivity index (χ4v) is 2.98. The summed E-state index contributed by atoms with van der Waals surface area (Å²) >= 11 is 1.79. The fraction of sp³-hybridized carbons (Fsp3) is 0.857. The monoisotopic (exact) mass is 284 g/mol. The van der Waals surface area contributed by atoms with E-state index in [0.717, 1.165) is 16.7 Å². The number of nitrogens with two attached hydrogens (primary N) is 1. The van der Waals surface area contributed by atoms with Crippen LogP contribution in [0.4, 0.5) is 0 Å². The SMILES string of the molecule is CCCCCCCCCCSc1nnc(CN)n1C. The van der Waals surface area contributed by atoms with E-state index in [1.807, 2.05) is 11.6 Å². The first-order valence-corrected chi connectivity index (χ1v) is 8.49. The molecular weight excluding hydrogens is 256 g/mol. The van der Waals surface area contributed by atoms with Crippen molar-refractivity contribution in [2.45, 2.75) is 70.0 Å². The van der Waals surface area contributed by atoms with E-state index in [-0.39, 0.29) is 0 Å². The average Bonchev–Trinajstić information content (AvgIpc) is 2.78. The van der Waals surface area contributed by atoms with Gasteiger partial charge in [0.1, 0.15) is 5.82 Å². The number of hydrogen-bond donors (Lipinski definition) is 1. The molecule has 5 heteroatoms. The van der Waals surface area contributed by atoms with Crippen LogP contribution in [0.5, 0.6) is 0 Å². The average molecular weight is 284 g/mol. The van der Waals surface area contributed by atoms with Crippen LogP contribution >= 0.6 is 11.8 Å². The van der Waals surface area contributed by atoms with Crippen molar-refractivity contribution >= 4 is 11.8 Å². The molecule has 0 unspecified atom stereocenters. The van der Waals surface area contributed by atoms with Gasteiger partial charge in [-0.25, -0.2) is 0 Å². The fourth-order valence-electron chi connectivity index (χ4n) is 2.05. The van der Waals surface area contributed by atoms with Gasteiger partial charge in [0.2, 0.25) is 0 Å². The van der Waals surface area contributed by atoms with Crippen molar-refractivity contribution in [3.8, 4) is 0 Å². The van der Waals surface area contributed by atoms with Gasteiger partial charge in [0.05, 0.1) is 6.54 Å². The highest BCUT2D eigenvalue weighted by molar-refractivity contribution is 7.99. The zero-order valence-corrected chi connectivity index (χ0v) is 13.2. The van der Waals surface area contributed by atoms with Crippen LogP contribution < -0.4 is 5.73 Å². The summed E-state index contributed by atoms with van der Waals surface area (Å²) in [5.41, 5.74) is 5.58. The minimum Gasteiger partial charge on any atom is -0.324 e. The summed E-state index contributed by atoms with van der Waals surface area (Å²) in [6.07, 6.45) is 10.9. The Morgan fingerprint density at radius 2 is 1.63 bits per heavy atom. The zero-order chi connectivity index (χ0) is 13.9. The molecule has 1 heterocycles. The van der Waals surface area contributed by atoms with Gasteiger partial charge < -0.3 is 10.3 Å². The Hall–Kier alpha value is -0.550. The number of rotatable bonds is 11. The van der Waals surface area contributed by atoms with Crippen molar-refractivity contribution in [1.29, 1.82) is 0 Å². The standard InChI is InChI=1S/C14H28N4S/c1-3-4-5-6-7-8-9-10-11-19-14-17-16-13(12-15)18(14)2/h3-12,15H2,1-2H3. The molecule has 0 atom stereocenters. The van der Waals surface area contributed by atoms with Crippen LogP contribution in [-0.2, 0) is 13.6 Å². The lowest BCUT2D eigenvalue weighted by Crippen LogP contribution is -2.05. The second kappa shape index (κ2) is 10.3. The van der Waals surface area contributed by atoms with Crippen LogP contribution in [0.1, 0.15) is 64.1 Å². The topological polar surface area (TPSA) is 56.7 Å². The molecule has 19 heavy (non-hydrogen) atoms. The molecule has 0 saturated heterocycles. The van der Waals surface area contributed by atoms with Crippen LogP contribution in [0.25, 0.3) is 0 Å². The Balaban J connectivity index is 2.00. The molecule has 0 spiro atoms. The largest absolute Gasteiger partial charge is 0.324 e. The van der Waals surface area contributed by atoms with Crippen molar-refractivity contribution in [3.63, 3.8) is 0 Å². The van der Waals surface area contributed by atoms with Gasteiger partial charge in [0.25, 0.3) is 0 Å². The van der Waals surface area contributed by atoms with Crippen molar-refractivity contribution in [3.05, 3.63) is 5.82 Å². The Bertz CT molecular complexity index is 338. The lowest BCUT2D eigenvalue weighted by molar-refractivity contribution is 0.586. The molecule has 0 saturated carbocycles. The molecule has 0 aliphatic rings. The molecule has 2 N–H and O–H groups in total. The van der Waals surface area contributed by atoms with Crippen molar-refractivity contribution < 1.29 is 0 Å². The number of aromatic nitrogens is 3. The van der Waals surface area contributed by atoms with Crippen LogP contribution in [0.2, 0.25) is 0 Å². The van der Waals surface area contributed by atoms with E-state index in [1.165, 1.54) is 51.4 Å². The lowest BCUT2D eigenvalue weighted by atomic mass is 10.1. The van der Waals surface area contributed by atoms with E-state index in [2.05, 4.69) is 17.1 Å². The maximum atomic E-state index is 5.58. The minimum atomic E-state index is 0.460. The highest BCUT2D eigenvalue weighted by atomic mass is 32.2. The van der Waals surface area contributed by atoms with Gasteiger partial charge in [0, 0.05) is 12.8 Å². The molecule has 110 valence electrons. The molecule has 1 aromatic heterocycles. The van der Waals surface area contributed by atoms with E-state index in [4.69, 9.17) is 5.73 Å². The van der Waals surface area contributed by atoms with Gasteiger partial charge in [0.15, 0.2) is 5.16 Å². The first kappa shape index (κ1) is 16.5. The lowest BCUT2D eigenvalue weighted by Gasteiger charge is -2.03. The molecule has 1 rings (SSSR count). The van der Waals surface area contributed by atoms with Crippen molar-refractivity contribution in [2.75, 3.05) is 5.75 Å². The van der Waals surface area contributed by atoms with Crippen molar-refractivity contribution in [1.82, 2.24) is 14.8 Å². The molecule has 0 aliphatic heterocycles. The number of nitrogens with zero attached hydrogens (tertiary/aromatic N) is 3. The van der Waals surface area contributed by atoms with Gasteiger partial charge in [-0.15, -0.1) is 10.2 Å². The highest BCUT2D eigenvalue weighted by Gasteiger charge is 2.06. The molecule has 0 fully saturated rings. The van der Waals surface area contributed by atoms with Crippen LogP contribution in [0.15, 0.2) is 5.16 Å². The molecule has 0 amide bonds. The quantitative estimate of drug-likeness (QED) is 0.499. The Morgan fingerprint density at radius 3 is 2.21 bits per heavy atom. The molecule has 0 bridgehead atoms. The molecule has 1 aromatic rings. The van der Waals surface area contributed by atoms with Gasteiger partial charge in [-0.3, -0.25) is 0 Å². The Morgan fingerprint density at radius 1 is 1.00 bits per heavy atom. The molecule has 4 nitrogen and oxygen atoms in total. The van der Waals surface area contributed by atoms with Gasteiger partial charge >= 0.3 is 0 Å². The molecular formula is C14H28N4S. The first-order valence-electron chi connectivity index (χ1n) is 7.50. The van der Waals surface area contributed by atoms with Crippen LogP contribution in [-0.4, -0.2) is 20.5 Å². The summed E-state index contributed by atoms with van der Waals surface area (Å²) in [5, 5.41) is 9.20. The first-order chi connectivity index (χ1) is 9.29. The summed E-state index contributed by atoms with van der Waals surface area (Å²) < 4.78 is 2.00. The van der Waals surface area contributed by atoms with E-state index in [0.29, 0.717) is 6.54 Å². The molecule has 0 radical (unpaired) electrons. The smallest absolute Gasteiger partial charge is 0.190 e. The number of thioether (sulfide) groups is 1. The van der Waals surface area contributed by atoms with Crippen LogP contribution in [0.3, 0.4) is 0 Å². The third kappa shape index (κ3) is 6.43. The highest BCUT2D eigenvalue weighted by Crippen LogP contribution is 2.18. The summed E-state index contributed by atoms with van der Waals surface area (Å²) in [5.74, 6) is 1.99. The summed E-state index contributed by atoms with van der Waals surface area (Å²) in [6.45, 7) is 2.72. The molecule has 0 aromatic carbocycles. The normalized spacial score (nSPS) is 11.1. The van der Waals surface area contributed by atoms with Gasteiger partial charge in [-0.1, -0.05) is 63.6 Å². The minimum absolute atomic E-state index is 0.460. The predicted octanol–water partition coefficient (Wildman–Crippen LogP) is 3.51. The second-order valence-corrected chi connectivity index (χ2v) is 6.05. The molecule has 0 aliphatic carbocycles. The van der Waals surface area contributed by atoms with Gasteiger partial charge in [-0.05, 0) is 6.42 Å². The summed E-state index contributed by atoms with van der Waals surface area (Å²) in [6, 6.07) is 0. The number of unbranched alkanes of at least 4 members (excludes halogenated alkanes) is 7. The van der Waals surface area contributed by atoms with E-state index >= 15 is 0 Å². The maximum Gasteiger partial charge on any atom is 0.190 e. The van der Waals surface area contributed by atoms with Crippen molar-refractivity contribution in [2.24, 2.45) is 12.8 Å². The Kier molecular flexibility index (Phi) is 8.91. The van der Waals surface area contributed by atoms with Gasteiger partial charge in [-0.2, -0.15) is 0 Å². The maximum absolute atomic E-state index is 5.58. The summed E-state index contributed by atoms with van der Waals surface area (Å²) in [7, 11) is 1.98. The van der Waals surface area contributed by atoms with E-state index in [9.17, 15) is 0 Å². The second-order valence-electron chi connectivity index (χ2n) is 4.99.